The highest BCUT2D eigenvalue weighted by Gasteiger charge is 2.24. The first kappa shape index (κ1) is 30.1. The van der Waals surface area contributed by atoms with E-state index in [-0.39, 0.29) is 5.91 Å². The lowest BCUT2D eigenvalue weighted by Gasteiger charge is -2.38. The molecule has 1 aliphatic rings. The van der Waals surface area contributed by atoms with Crippen LogP contribution in [0.3, 0.4) is 0 Å². The van der Waals surface area contributed by atoms with Crippen molar-refractivity contribution >= 4 is 34.7 Å². The highest BCUT2D eigenvalue weighted by Crippen LogP contribution is 2.31. The third-order valence-corrected chi connectivity index (χ3v) is 7.45. The number of anilines is 4. The average Bonchev–Trinajstić information content (AvgIpc) is 3.07. The Balaban J connectivity index is 1.34. The number of benzene rings is 4. The van der Waals surface area contributed by atoms with Gasteiger partial charge in [-0.1, -0.05) is 42.5 Å². The highest BCUT2D eigenvalue weighted by molar-refractivity contribution is 6.04. The van der Waals surface area contributed by atoms with E-state index in [1.807, 2.05) is 60.7 Å². The number of methoxy groups -OCH3 is 3. The van der Waals surface area contributed by atoms with Crippen LogP contribution in [0.15, 0.2) is 91.0 Å². The molecule has 0 spiro atoms. The van der Waals surface area contributed by atoms with Crippen LogP contribution >= 0.6 is 0 Å². The Morgan fingerprint density at radius 3 is 1.93 bits per heavy atom. The Bertz CT molecular complexity index is 1570. The zero-order chi connectivity index (χ0) is 30.9. The number of nitrogens with zero attached hydrogens (tertiary/aromatic N) is 2. The van der Waals surface area contributed by atoms with Crippen molar-refractivity contribution in [2.75, 3.05) is 67.9 Å². The lowest BCUT2D eigenvalue weighted by molar-refractivity contribution is 0.0951. The van der Waals surface area contributed by atoms with Crippen molar-refractivity contribution in [3.05, 3.63) is 102 Å². The van der Waals surface area contributed by atoms with Gasteiger partial charge in [-0.2, -0.15) is 0 Å². The van der Waals surface area contributed by atoms with Crippen molar-refractivity contribution < 1.29 is 23.8 Å². The Kier molecular flexibility index (Phi) is 9.71. The Morgan fingerprint density at radius 2 is 1.27 bits per heavy atom. The van der Waals surface area contributed by atoms with Crippen LogP contribution in [-0.2, 0) is 6.54 Å². The number of piperazine rings is 1. The topological polar surface area (TPSA) is 104 Å². The molecule has 0 bridgehead atoms. The van der Waals surface area contributed by atoms with Gasteiger partial charge >= 0.3 is 6.03 Å². The second kappa shape index (κ2) is 14.2. The summed E-state index contributed by atoms with van der Waals surface area (Å²) in [6.07, 6.45) is 0. The van der Waals surface area contributed by atoms with Crippen LogP contribution in [0, 0.1) is 0 Å². The summed E-state index contributed by atoms with van der Waals surface area (Å²) in [5.41, 5.74) is 4.32. The van der Waals surface area contributed by atoms with E-state index in [0.717, 1.165) is 35.8 Å². The number of nitrogens with one attached hydrogen (secondary N) is 3. The number of urea groups is 1. The van der Waals surface area contributed by atoms with Crippen LogP contribution in [0.2, 0.25) is 0 Å². The van der Waals surface area contributed by atoms with E-state index in [1.54, 1.807) is 45.6 Å². The molecule has 0 unspecified atom stereocenters. The molecular formula is C34H37N5O5. The maximum Gasteiger partial charge on any atom is 0.323 e. The molecule has 10 heteroatoms. The van der Waals surface area contributed by atoms with Crippen LogP contribution in [0.4, 0.5) is 27.5 Å². The SMILES string of the molecule is COc1cc(NC(=O)Nc2ccc(N3CCN(c4ccccc4OC)CC3)c(C(=O)NCc3ccccc3)c2)cc(OC)c1. The van der Waals surface area contributed by atoms with E-state index < -0.39 is 6.03 Å². The van der Waals surface area contributed by atoms with E-state index in [4.69, 9.17) is 14.2 Å². The molecule has 44 heavy (non-hydrogen) atoms. The fourth-order valence-electron chi connectivity index (χ4n) is 5.20. The zero-order valence-electron chi connectivity index (χ0n) is 25.1. The van der Waals surface area contributed by atoms with E-state index in [0.29, 0.717) is 48.1 Å². The molecule has 0 aromatic heterocycles. The number of rotatable bonds is 10. The molecule has 0 radical (unpaired) electrons. The second-order valence-electron chi connectivity index (χ2n) is 10.2. The van der Waals surface area contributed by atoms with Crippen molar-refractivity contribution in [1.29, 1.82) is 0 Å². The highest BCUT2D eigenvalue weighted by atomic mass is 16.5. The van der Waals surface area contributed by atoms with E-state index >= 15 is 0 Å². The van der Waals surface area contributed by atoms with Gasteiger partial charge in [0, 0.05) is 68.0 Å². The van der Waals surface area contributed by atoms with Gasteiger partial charge in [-0.15, -0.1) is 0 Å². The minimum atomic E-state index is -0.464. The van der Waals surface area contributed by atoms with Gasteiger partial charge in [-0.25, -0.2) is 4.79 Å². The number of amides is 3. The predicted molar refractivity (Wildman–Crippen MR) is 174 cm³/mol. The molecule has 4 aromatic carbocycles. The average molecular weight is 596 g/mol. The van der Waals surface area contributed by atoms with Gasteiger partial charge in [0.1, 0.15) is 17.2 Å². The second-order valence-corrected chi connectivity index (χ2v) is 10.2. The summed E-state index contributed by atoms with van der Waals surface area (Å²) < 4.78 is 16.2. The molecule has 10 nitrogen and oxygen atoms in total. The van der Waals surface area contributed by atoms with Crippen LogP contribution in [0.1, 0.15) is 15.9 Å². The molecule has 228 valence electrons. The molecule has 3 amide bonds. The zero-order valence-corrected chi connectivity index (χ0v) is 25.1. The van der Waals surface area contributed by atoms with Gasteiger partial charge in [0.05, 0.1) is 32.6 Å². The van der Waals surface area contributed by atoms with Gasteiger partial charge in [0.15, 0.2) is 0 Å². The van der Waals surface area contributed by atoms with Gasteiger partial charge in [-0.3, -0.25) is 4.79 Å². The molecule has 0 saturated carbocycles. The summed E-state index contributed by atoms with van der Waals surface area (Å²) in [5, 5.41) is 8.70. The fourth-order valence-corrected chi connectivity index (χ4v) is 5.20. The Morgan fingerprint density at radius 1 is 0.659 bits per heavy atom. The first-order valence-electron chi connectivity index (χ1n) is 14.4. The summed E-state index contributed by atoms with van der Waals surface area (Å²) in [6, 6.07) is 27.8. The summed E-state index contributed by atoms with van der Waals surface area (Å²) in [4.78, 5) is 31.0. The smallest absolute Gasteiger partial charge is 0.323 e. The minimum Gasteiger partial charge on any atom is -0.497 e. The van der Waals surface area contributed by atoms with Gasteiger partial charge < -0.3 is 40.0 Å². The van der Waals surface area contributed by atoms with Crippen molar-refractivity contribution in [2.45, 2.75) is 6.54 Å². The number of ether oxygens (including phenoxy) is 3. The van der Waals surface area contributed by atoms with E-state index in [2.05, 4.69) is 31.8 Å². The van der Waals surface area contributed by atoms with E-state index in [1.165, 1.54) is 0 Å². The van der Waals surface area contributed by atoms with Crippen LogP contribution < -0.4 is 40.0 Å². The number of hydrogen-bond acceptors (Lipinski definition) is 7. The quantitative estimate of drug-likeness (QED) is 0.219. The van der Waals surface area contributed by atoms with Crippen LogP contribution in [0.5, 0.6) is 17.2 Å². The summed E-state index contributed by atoms with van der Waals surface area (Å²) in [6.45, 7) is 3.33. The van der Waals surface area contributed by atoms with Crippen molar-refractivity contribution in [3.63, 3.8) is 0 Å². The van der Waals surface area contributed by atoms with Crippen LogP contribution in [0.25, 0.3) is 0 Å². The molecular weight excluding hydrogens is 558 g/mol. The predicted octanol–water partition coefficient (Wildman–Crippen LogP) is 5.61. The van der Waals surface area contributed by atoms with Gasteiger partial charge in [0.25, 0.3) is 5.91 Å². The molecule has 4 aromatic rings. The lowest BCUT2D eigenvalue weighted by Crippen LogP contribution is -2.47. The fraction of sp³-hybridized carbons (Fsp3) is 0.235. The molecule has 1 saturated heterocycles. The number of hydrogen-bond donors (Lipinski definition) is 3. The molecule has 5 rings (SSSR count). The molecule has 3 N–H and O–H groups in total. The molecule has 0 atom stereocenters. The molecule has 1 aliphatic heterocycles. The summed E-state index contributed by atoms with van der Waals surface area (Å²) in [7, 11) is 4.77. The number of para-hydroxylation sites is 2. The van der Waals surface area contributed by atoms with Gasteiger partial charge in [0.2, 0.25) is 0 Å². The third-order valence-electron chi connectivity index (χ3n) is 7.45. The van der Waals surface area contributed by atoms with Crippen molar-refractivity contribution in [2.24, 2.45) is 0 Å². The van der Waals surface area contributed by atoms with Crippen LogP contribution in [-0.4, -0.2) is 59.4 Å². The molecule has 1 heterocycles. The number of carbonyl (C=O) groups excluding carboxylic acids is 2. The first-order valence-corrected chi connectivity index (χ1v) is 14.4. The van der Waals surface area contributed by atoms with E-state index in [9.17, 15) is 9.59 Å². The first-order chi connectivity index (χ1) is 21.5. The summed E-state index contributed by atoms with van der Waals surface area (Å²) >= 11 is 0. The number of carbonyl (C=O) groups is 2. The van der Waals surface area contributed by atoms with Crippen molar-refractivity contribution in [1.82, 2.24) is 5.32 Å². The monoisotopic (exact) mass is 595 g/mol. The third kappa shape index (κ3) is 7.33. The van der Waals surface area contributed by atoms with Gasteiger partial charge in [-0.05, 0) is 35.9 Å². The summed E-state index contributed by atoms with van der Waals surface area (Å²) in [5.74, 6) is 1.71. The van der Waals surface area contributed by atoms with Crippen molar-refractivity contribution in [3.8, 4) is 17.2 Å². The standard InChI is InChI=1S/C34H37N5O5/c1-42-27-19-26(20-28(22-27)43-2)37-34(41)36-25-13-14-30(29(21-25)33(40)35-23-24-9-5-4-6-10-24)38-15-17-39(18-16-38)31-11-7-8-12-32(31)44-3/h4-14,19-22H,15-18,23H2,1-3H3,(H,35,40)(H2,36,37,41). The maximum absolute atomic E-state index is 13.6. The maximum atomic E-state index is 13.6. The molecule has 0 aliphatic carbocycles. The molecule has 1 fully saturated rings. The largest absolute Gasteiger partial charge is 0.497 e. The normalized spacial score (nSPS) is 12.7. The Labute approximate surface area is 257 Å². The Hall–Kier alpha value is -5.38. The minimum absolute atomic E-state index is 0.224. The lowest BCUT2D eigenvalue weighted by atomic mass is 10.1.